The van der Waals surface area contributed by atoms with E-state index in [9.17, 15) is 14.0 Å². The molecule has 2 saturated heterocycles. The van der Waals surface area contributed by atoms with Crippen LogP contribution < -0.4 is 0 Å². The number of carbonyl (C=O) groups is 2. The second kappa shape index (κ2) is 9.47. The summed E-state index contributed by atoms with van der Waals surface area (Å²) in [6.45, 7) is 5.65. The van der Waals surface area contributed by atoms with Gasteiger partial charge in [-0.2, -0.15) is 0 Å². The van der Waals surface area contributed by atoms with Gasteiger partial charge in [0.15, 0.2) is 0 Å². The predicted molar refractivity (Wildman–Crippen MR) is 104 cm³/mol. The highest BCUT2D eigenvalue weighted by Crippen LogP contribution is 2.24. The summed E-state index contributed by atoms with van der Waals surface area (Å²) in [6, 6.07) is 6.60. The van der Waals surface area contributed by atoms with E-state index in [1.54, 1.807) is 12.1 Å². The first kappa shape index (κ1) is 20.7. The number of halogens is 1. The van der Waals surface area contributed by atoms with E-state index in [4.69, 9.17) is 5.11 Å². The topological polar surface area (TPSA) is 64.1 Å². The van der Waals surface area contributed by atoms with Crippen molar-refractivity contribution in [3.8, 4) is 0 Å². The van der Waals surface area contributed by atoms with Crippen molar-refractivity contribution in [2.75, 3.05) is 32.7 Å². The minimum atomic E-state index is -0.803. The third kappa shape index (κ3) is 5.08. The molecule has 6 nitrogen and oxygen atoms in total. The van der Waals surface area contributed by atoms with Gasteiger partial charge >= 0.3 is 5.97 Å². The number of piperidine rings is 1. The van der Waals surface area contributed by atoms with Crippen molar-refractivity contribution < 1.29 is 19.1 Å². The Morgan fingerprint density at radius 2 is 1.82 bits per heavy atom. The molecule has 0 bridgehead atoms. The second-order valence-corrected chi connectivity index (χ2v) is 7.77. The van der Waals surface area contributed by atoms with Crippen molar-refractivity contribution >= 4 is 11.9 Å². The van der Waals surface area contributed by atoms with E-state index in [-0.39, 0.29) is 30.4 Å². The molecule has 2 aliphatic rings. The molecule has 154 valence electrons. The molecule has 3 rings (SSSR count). The van der Waals surface area contributed by atoms with Gasteiger partial charge in [0, 0.05) is 25.7 Å². The lowest BCUT2D eigenvalue weighted by atomic mass is 10.0. The molecule has 1 unspecified atom stereocenters. The van der Waals surface area contributed by atoms with Gasteiger partial charge in [-0.3, -0.25) is 19.4 Å². The zero-order valence-electron chi connectivity index (χ0n) is 16.5. The maximum Gasteiger partial charge on any atom is 0.317 e. The molecule has 2 aliphatic heterocycles. The molecule has 0 spiro atoms. The van der Waals surface area contributed by atoms with Crippen molar-refractivity contribution in [1.82, 2.24) is 14.7 Å². The van der Waals surface area contributed by atoms with Crippen LogP contribution in [-0.2, 0) is 16.1 Å². The summed E-state index contributed by atoms with van der Waals surface area (Å²) in [7, 11) is 0. The van der Waals surface area contributed by atoms with Crippen molar-refractivity contribution in [1.29, 1.82) is 0 Å². The average molecular weight is 391 g/mol. The summed E-state index contributed by atoms with van der Waals surface area (Å²) >= 11 is 0. The van der Waals surface area contributed by atoms with Crippen LogP contribution in [0.5, 0.6) is 0 Å². The summed E-state index contributed by atoms with van der Waals surface area (Å²) in [6.07, 6.45) is 3.49. The molecular formula is C21H30FN3O3. The average Bonchev–Trinajstić information content (AvgIpc) is 3.15. The fourth-order valence-electron chi connectivity index (χ4n) is 4.45. The smallest absolute Gasteiger partial charge is 0.317 e. The molecule has 0 aliphatic carbocycles. The van der Waals surface area contributed by atoms with Gasteiger partial charge < -0.3 is 10.0 Å². The molecule has 0 aromatic heterocycles. The minimum Gasteiger partial charge on any atom is -0.480 e. The Morgan fingerprint density at radius 3 is 2.43 bits per heavy atom. The molecule has 28 heavy (non-hydrogen) atoms. The highest BCUT2D eigenvalue weighted by molar-refractivity contribution is 5.82. The molecule has 2 heterocycles. The van der Waals surface area contributed by atoms with Gasteiger partial charge in [0.05, 0.1) is 12.6 Å². The van der Waals surface area contributed by atoms with Crippen LogP contribution in [0, 0.1) is 5.82 Å². The molecule has 1 N–H and O–H groups in total. The SMILES string of the molecule is CCN(CC(=O)O)C1CCN(C(=O)C2CCCN2Cc2ccc(F)cc2)CC1. The first-order valence-corrected chi connectivity index (χ1v) is 10.2. The maximum absolute atomic E-state index is 13.1. The first-order chi connectivity index (χ1) is 13.5. The number of carboxylic acid groups (broad SMARTS) is 1. The molecule has 0 saturated carbocycles. The zero-order chi connectivity index (χ0) is 20.1. The number of hydrogen-bond donors (Lipinski definition) is 1. The summed E-state index contributed by atoms with van der Waals surface area (Å²) in [5, 5.41) is 9.06. The van der Waals surface area contributed by atoms with Crippen LogP contribution in [0.4, 0.5) is 4.39 Å². The van der Waals surface area contributed by atoms with E-state index in [2.05, 4.69) is 4.90 Å². The normalized spacial score (nSPS) is 21.4. The standard InChI is InChI=1S/C21H30FN3O3/c1-2-23(15-20(26)27)18-9-12-24(13-10-18)21(28)19-4-3-11-25(19)14-16-5-7-17(22)8-6-16/h5-8,18-19H,2-4,9-15H2,1H3,(H,26,27). The Labute approximate surface area is 165 Å². The first-order valence-electron chi connectivity index (χ1n) is 10.2. The van der Waals surface area contributed by atoms with Crippen molar-refractivity contribution in [3.05, 3.63) is 35.6 Å². The number of benzene rings is 1. The summed E-state index contributed by atoms with van der Waals surface area (Å²) in [4.78, 5) is 30.3. The van der Waals surface area contributed by atoms with Gasteiger partial charge in [-0.25, -0.2) is 4.39 Å². The van der Waals surface area contributed by atoms with E-state index < -0.39 is 5.97 Å². The van der Waals surface area contributed by atoms with E-state index in [1.165, 1.54) is 12.1 Å². The van der Waals surface area contributed by atoms with Gasteiger partial charge in [-0.1, -0.05) is 19.1 Å². The Bertz CT molecular complexity index is 674. The number of rotatable bonds is 7. The van der Waals surface area contributed by atoms with Crippen LogP contribution in [0.25, 0.3) is 0 Å². The molecule has 1 amide bonds. The summed E-state index contributed by atoms with van der Waals surface area (Å²) in [5.74, 6) is -0.869. The van der Waals surface area contributed by atoms with Crippen LogP contribution in [0.1, 0.15) is 38.2 Å². The number of carboxylic acids is 1. The van der Waals surface area contributed by atoms with E-state index in [0.29, 0.717) is 26.2 Å². The number of aliphatic carboxylic acids is 1. The van der Waals surface area contributed by atoms with Gasteiger partial charge in [-0.15, -0.1) is 0 Å². The molecule has 2 fully saturated rings. The van der Waals surface area contributed by atoms with Gasteiger partial charge in [0.2, 0.25) is 5.91 Å². The number of likely N-dealkylation sites (N-methyl/N-ethyl adjacent to an activating group) is 1. The van der Waals surface area contributed by atoms with Gasteiger partial charge in [0.1, 0.15) is 5.82 Å². The number of likely N-dealkylation sites (tertiary alicyclic amines) is 2. The Kier molecular flexibility index (Phi) is 7.02. The lowest BCUT2D eigenvalue weighted by molar-refractivity contribution is -0.141. The zero-order valence-corrected chi connectivity index (χ0v) is 16.5. The summed E-state index contributed by atoms with van der Waals surface area (Å²) < 4.78 is 13.1. The minimum absolute atomic E-state index is 0.0587. The molecular weight excluding hydrogens is 361 g/mol. The fourth-order valence-corrected chi connectivity index (χ4v) is 4.45. The van der Waals surface area contributed by atoms with Crippen molar-refractivity contribution in [3.63, 3.8) is 0 Å². The molecule has 0 radical (unpaired) electrons. The number of carbonyl (C=O) groups excluding carboxylic acids is 1. The van der Waals surface area contributed by atoms with Crippen molar-refractivity contribution in [2.24, 2.45) is 0 Å². The molecule has 1 aromatic rings. The lowest BCUT2D eigenvalue weighted by Crippen LogP contribution is -2.52. The number of amides is 1. The van der Waals surface area contributed by atoms with Gasteiger partial charge in [0.25, 0.3) is 0 Å². The van der Waals surface area contributed by atoms with Crippen LogP contribution in [0.15, 0.2) is 24.3 Å². The lowest BCUT2D eigenvalue weighted by Gasteiger charge is -2.39. The summed E-state index contributed by atoms with van der Waals surface area (Å²) in [5.41, 5.74) is 1.02. The Balaban J connectivity index is 1.55. The molecule has 1 aromatic carbocycles. The molecule has 7 heteroatoms. The monoisotopic (exact) mass is 391 g/mol. The largest absolute Gasteiger partial charge is 0.480 e. The van der Waals surface area contributed by atoms with Crippen LogP contribution >= 0.6 is 0 Å². The highest BCUT2D eigenvalue weighted by atomic mass is 19.1. The third-order valence-electron chi connectivity index (χ3n) is 5.98. The van der Waals surface area contributed by atoms with E-state index in [1.807, 2.05) is 16.7 Å². The fraction of sp³-hybridized carbons (Fsp3) is 0.619. The Morgan fingerprint density at radius 1 is 1.14 bits per heavy atom. The maximum atomic E-state index is 13.1. The van der Waals surface area contributed by atoms with Crippen LogP contribution in [-0.4, -0.2) is 76.5 Å². The Hall–Kier alpha value is -1.99. The van der Waals surface area contributed by atoms with Crippen LogP contribution in [0.3, 0.4) is 0 Å². The predicted octanol–water partition coefficient (Wildman–Crippen LogP) is 2.19. The van der Waals surface area contributed by atoms with Crippen LogP contribution in [0.2, 0.25) is 0 Å². The van der Waals surface area contributed by atoms with E-state index in [0.717, 1.165) is 37.8 Å². The number of nitrogens with zero attached hydrogens (tertiary/aromatic N) is 3. The third-order valence-corrected chi connectivity index (χ3v) is 5.98. The van der Waals surface area contributed by atoms with E-state index >= 15 is 0 Å². The van der Waals surface area contributed by atoms with Gasteiger partial charge in [-0.05, 0) is 56.5 Å². The quantitative estimate of drug-likeness (QED) is 0.772. The van der Waals surface area contributed by atoms with Crippen molar-refractivity contribution in [2.45, 2.75) is 51.2 Å². The molecule has 1 atom stereocenters. The number of hydrogen-bond acceptors (Lipinski definition) is 4. The highest BCUT2D eigenvalue weighted by Gasteiger charge is 2.35. The second-order valence-electron chi connectivity index (χ2n) is 7.77.